The molecule has 21 heavy (non-hydrogen) atoms. The van der Waals surface area contributed by atoms with Gasteiger partial charge in [-0.15, -0.1) is 0 Å². The van der Waals surface area contributed by atoms with Gasteiger partial charge in [0.2, 0.25) is 5.91 Å². The quantitative estimate of drug-likeness (QED) is 0.764. The summed E-state index contributed by atoms with van der Waals surface area (Å²) in [6.07, 6.45) is 3.93. The van der Waals surface area contributed by atoms with Crippen molar-refractivity contribution in [1.82, 2.24) is 15.3 Å². The number of pyridine rings is 1. The lowest BCUT2D eigenvalue weighted by atomic mass is 10.1. The van der Waals surface area contributed by atoms with Crippen LogP contribution in [0.3, 0.4) is 0 Å². The van der Waals surface area contributed by atoms with Gasteiger partial charge in [-0.25, -0.2) is 4.98 Å². The highest BCUT2D eigenvalue weighted by atomic mass is 79.9. The summed E-state index contributed by atoms with van der Waals surface area (Å²) < 4.78 is 1.03. The predicted octanol–water partition coefficient (Wildman–Crippen LogP) is 3.18. The summed E-state index contributed by atoms with van der Waals surface area (Å²) >= 11 is 3.39. The Hall–Kier alpha value is -2.14. The van der Waals surface area contributed by atoms with Crippen molar-refractivity contribution >= 4 is 32.9 Å². The number of carbonyl (C=O) groups is 1. The SMILES string of the molecule is O=C(Cc1c[nH]c2ncccc12)NCc1ccc(Br)cc1. The van der Waals surface area contributed by atoms with Crippen LogP contribution >= 0.6 is 15.9 Å². The minimum absolute atomic E-state index is 0.00247. The average Bonchev–Trinajstić information content (AvgIpc) is 2.90. The second-order valence-corrected chi connectivity index (χ2v) is 5.71. The summed E-state index contributed by atoms with van der Waals surface area (Å²) in [6.45, 7) is 0.534. The van der Waals surface area contributed by atoms with E-state index in [-0.39, 0.29) is 5.91 Å². The molecule has 0 aliphatic carbocycles. The second-order valence-electron chi connectivity index (χ2n) is 4.79. The standard InChI is InChI=1S/C16H14BrN3O/c17-13-5-3-11(4-6-13)9-19-15(21)8-12-10-20-16-14(12)2-1-7-18-16/h1-7,10H,8-9H2,(H,18,20)(H,19,21). The zero-order valence-corrected chi connectivity index (χ0v) is 12.9. The Kier molecular flexibility index (Phi) is 4.01. The van der Waals surface area contributed by atoms with Crippen molar-refractivity contribution in [2.75, 3.05) is 0 Å². The third-order valence-corrected chi connectivity index (χ3v) is 3.82. The van der Waals surface area contributed by atoms with Gasteiger partial charge in [-0.05, 0) is 35.4 Å². The van der Waals surface area contributed by atoms with Gasteiger partial charge in [-0.1, -0.05) is 28.1 Å². The van der Waals surface area contributed by atoms with Crippen LogP contribution in [0.1, 0.15) is 11.1 Å². The first kappa shape index (κ1) is 13.8. The number of carbonyl (C=O) groups excluding carboxylic acids is 1. The number of fused-ring (bicyclic) bond motifs is 1. The predicted molar refractivity (Wildman–Crippen MR) is 85.8 cm³/mol. The third kappa shape index (κ3) is 3.31. The Morgan fingerprint density at radius 3 is 2.86 bits per heavy atom. The lowest BCUT2D eigenvalue weighted by Gasteiger charge is -2.05. The van der Waals surface area contributed by atoms with Crippen molar-refractivity contribution in [1.29, 1.82) is 0 Å². The Morgan fingerprint density at radius 1 is 1.24 bits per heavy atom. The topological polar surface area (TPSA) is 57.8 Å². The number of H-pyrrole nitrogens is 1. The number of hydrogen-bond acceptors (Lipinski definition) is 2. The minimum atomic E-state index is 0.00247. The molecule has 0 atom stereocenters. The average molecular weight is 344 g/mol. The molecule has 1 aromatic carbocycles. The van der Waals surface area contributed by atoms with E-state index in [1.807, 2.05) is 42.6 Å². The molecule has 2 aromatic heterocycles. The summed E-state index contributed by atoms with van der Waals surface area (Å²) in [6, 6.07) is 11.7. The van der Waals surface area contributed by atoms with E-state index in [9.17, 15) is 4.79 Å². The fourth-order valence-corrected chi connectivity index (χ4v) is 2.46. The van der Waals surface area contributed by atoms with E-state index in [0.29, 0.717) is 13.0 Å². The van der Waals surface area contributed by atoms with Crippen LogP contribution in [0.4, 0.5) is 0 Å². The minimum Gasteiger partial charge on any atom is -0.352 e. The fourth-order valence-electron chi connectivity index (χ4n) is 2.20. The molecule has 0 saturated heterocycles. The van der Waals surface area contributed by atoms with Crippen molar-refractivity contribution in [3.8, 4) is 0 Å². The Balaban J connectivity index is 1.62. The molecular weight excluding hydrogens is 330 g/mol. The lowest BCUT2D eigenvalue weighted by Crippen LogP contribution is -2.24. The molecule has 3 aromatic rings. The first-order valence-electron chi connectivity index (χ1n) is 6.64. The van der Waals surface area contributed by atoms with E-state index in [2.05, 4.69) is 31.2 Å². The highest BCUT2D eigenvalue weighted by molar-refractivity contribution is 9.10. The van der Waals surface area contributed by atoms with Crippen LogP contribution in [-0.4, -0.2) is 15.9 Å². The van der Waals surface area contributed by atoms with Gasteiger partial charge in [0.05, 0.1) is 6.42 Å². The van der Waals surface area contributed by atoms with Crippen LogP contribution in [0.25, 0.3) is 11.0 Å². The molecule has 0 fully saturated rings. The maximum Gasteiger partial charge on any atom is 0.224 e. The molecule has 0 saturated carbocycles. The number of aromatic amines is 1. The number of hydrogen-bond donors (Lipinski definition) is 2. The van der Waals surface area contributed by atoms with Gasteiger partial charge in [0.15, 0.2) is 0 Å². The van der Waals surface area contributed by atoms with Crippen molar-refractivity contribution in [2.45, 2.75) is 13.0 Å². The molecule has 0 aliphatic heterocycles. The molecule has 106 valence electrons. The molecule has 0 bridgehead atoms. The third-order valence-electron chi connectivity index (χ3n) is 3.29. The molecule has 0 aliphatic rings. The molecular formula is C16H14BrN3O. The molecule has 2 N–H and O–H groups in total. The van der Waals surface area contributed by atoms with Gasteiger partial charge >= 0.3 is 0 Å². The molecule has 0 radical (unpaired) electrons. The normalized spacial score (nSPS) is 10.7. The van der Waals surface area contributed by atoms with Crippen molar-refractivity contribution in [3.05, 3.63) is 64.4 Å². The van der Waals surface area contributed by atoms with E-state index in [4.69, 9.17) is 0 Å². The smallest absolute Gasteiger partial charge is 0.224 e. The number of halogens is 1. The summed E-state index contributed by atoms with van der Waals surface area (Å²) in [4.78, 5) is 19.3. The number of aromatic nitrogens is 2. The largest absolute Gasteiger partial charge is 0.352 e. The summed E-state index contributed by atoms with van der Waals surface area (Å²) in [5.74, 6) is 0.00247. The lowest BCUT2D eigenvalue weighted by molar-refractivity contribution is -0.120. The number of nitrogens with zero attached hydrogens (tertiary/aromatic N) is 1. The van der Waals surface area contributed by atoms with Crippen LogP contribution < -0.4 is 5.32 Å². The van der Waals surface area contributed by atoms with Crippen LogP contribution in [0.15, 0.2) is 53.3 Å². The van der Waals surface area contributed by atoms with Gasteiger partial charge in [0.25, 0.3) is 0 Å². The molecule has 2 heterocycles. The maximum absolute atomic E-state index is 12.0. The fraction of sp³-hybridized carbons (Fsp3) is 0.125. The number of amides is 1. The van der Waals surface area contributed by atoms with Gasteiger partial charge in [0, 0.05) is 28.8 Å². The highest BCUT2D eigenvalue weighted by Crippen LogP contribution is 2.16. The molecule has 4 nitrogen and oxygen atoms in total. The second kappa shape index (κ2) is 6.10. The molecule has 3 rings (SSSR count). The van der Waals surface area contributed by atoms with Gasteiger partial charge < -0.3 is 10.3 Å². The zero-order chi connectivity index (χ0) is 14.7. The summed E-state index contributed by atoms with van der Waals surface area (Å²) in [7, 11) is 0. The molecule has 0 spiro atoms. The Labute approximate surface area is 130 Å². The zero-order valence-electron chi connectivity index (χ0n) is 11.3. The number of rotatable bonds is 4. The van der Waals surface area contributed by atoms with Crippen molar-refractivity contribution < 1.29 is 4.79 Å². The van der Waals surface area contributed by atoms with Crippen LogP contribution in [0, 0.1) is 0 Å². The molecule has 5 heteroatoms. The molecule has 0 unspecified atom stereocenters. The van der Waals surface area contributed by atoms with E-state index in [1.165, 1.54) is 0 Å². The Bertz CT molecular complexity index is 765. The van der Waals surface area contributed by atoms with E-state index in [0.717, 1.165) is 26.6 Å². The molecule has 1 amide bonds. The van der Waals surface area contributed by atoms with Crippen molar-refractivity contribution in [3.63, 3.8) is 0 Å². The van der Waals surface area contributed by atoms with Gasteiger partial charge in [-0.2, -0.15) is 0 Å². The highest BCUT2D eigenvalue weighted by Gasteiger charge is 2.08. The van der Waals surface area contributed by atoms with E-state index >= 15 is 0 Å². The number of nitrogens with one attached hydrogen (secondary N) is 2. The first-order chi connectivity index (χ1) is 10.2. The summed E-state index contributed by atoms with van der Waals surface area (Å²) in [5, 5.41) is 3.93. The van der Waals surface area contributed by atoms with E-state index in [1.54, 1.807) is 6.20 Å². The van der Waals surface area contributed by atoms with Gasteiger partial charge in [0.1, 0.15) is 5.65 Å². The Morgan fingerprint density at radius 2 is 2.05 bits per heavy atom. The van der Waals surface area contributed by atoms with Crippen LogP contribution in [0.2, 0.25) is 0 Å². The number of benzene rings is 1. The monoisotopic (exact) mass is 343 g/mol. The van der Waals surface area contributed by atoms with E-state index < -0.39 is 0 Å². The van der Waals surface area contributed by atoms with Gasteiger partial charge in [-0.3, -0.25) is 4.79 Å². The van der Waals surface area contributed by atoms with Crippen LogP contribution in [-0.2, 0) is 17.8 Å². The maximum atomic E-state index is 12.0. The van der Waals surface area contributed by atoms with Crippen LogP contribution in [0.5, 0.6) is 0 Å². The van der Waals surface area contributed by atoms with Crippen molar-refractivity contribution in [2.24, 2.45) is 0 Å². The summed E-state index contributed by atoms with van der Waals surface area (Å²) in [5.41, 5.74) is 2.85. The first-order valence-corrected chi connectivity index (χ1v) is 7.44.